The first-order valence-electron chi connectivity index (χ1n) is 9.74. The molecule has 4 atom stereocenters. The molecule has 0 spiro atoms. The normalized spacial score (nSPS) is 25.5. The largest absolute Gasteiger partial charge is 0.273 e. The van der Waals surface area contributed by atoms with Gasteiger partial charge in [-0.25, -0.2) is 5.01 Å². The van der Waals surface area contributed by atoms with Gasteiger partial charge in [0, 0.05) is 25.3 Å². The highest BCUT2D eigenvalue weighted by molar-refractivity contribution is 9.12. The number of halogens is 4. The molecule has 0 bridgehead atoms. The van der Waals surface area contributed by atoms with Gasteiger partial charge in [0.05, 0.1) is 18.4 Å². The summed E-state index contributed by atoms with van der Waals surface area (Å²) < 4.78 is 0. The first-order chi connectivity index (χ1) is 14.8. The molecule has 1 saturated carbocycles. The molecule has 31 heavy (non-hydrogen) atoms. The zero-order chi connectivity index (χ0) is 22.3. The van der Waals surface area contributed by atoms with Crippen LogP contribution >= 0.6 is 55.1 Å². The SMILES string of the molecule is O=C(c1ccc(Cl)cc1)N(Cc1ccccc1Cl)N1C(=O)[C@@H]2C[C@H](Br)[C@@H](Br)C[C@H]2C1=O. The summed E-state index contributed by atoms with van der Waals surface area (Å²) >= 11 is 19.5. The molecule has 0 aromatic heterocycles. The van der Waals surface area contributed by atoms with E-state index in [9.17, 15) is 14.4 Å². The molecule has 5 nitrogen and oxygen atoms in total. The number of nitrogens with zero attached hydrogens (tertiary/aromatic N) is 2. The van der Waals surface area contributed by atoms with Gasteiger partial charge in [-0.1, -0.05) is 73.3 Å². The molecule has 2 aromatic rings. The number of rotatable bonds is 4. The van der Waals surface area contributed by atoms with E-state index in [-0.39, 0.29) is 28.0 Å². The molecule has 1 aliphatic heterocycles. The zero-order valence-electron chi connectivity index (χ0n) is 16.2. The first kappa shape index (κ1) is 22.8. The van der Waals surface area contributed by atoms with Crippen molar-refractivity contribution in [3.05, 3.63) is 69.7 Å². The van der Waals surface area contributed by atoms with E-state index in [1.807, 2.05) is 0 Å². The van der Waals surface area contributed by atoms with Crippen molar-refractivity contribution in [2.24, 2.45) is 11.8 Å². The van der Waals surface area contributed by atoms with Crippen LogP contribution in [0, 0.1) is 11.8 Å². The van der Waals surface area contributed by atoms with E-state index in [2.05, 4.69) is 31.9 Å². The van der Waals surface area contributed by atoms with Crippen molar-refractivity contribution in [3.63, 3.8) is 0 Å². The van der Waals surface area contributed by atoms with Gasteiger partial charge in [-0.05, 0) is 48.7 Å². The van der Waals surface area contributed by atoms with Crippen LogP contribution in [0.1, 0.15) is 28.8 Å². The Bertz CT molecular complexity index is 1010. The molecule has 1 saturated heterocycles. The predicted molar refractivity (Wildman–Crippen MR) is 126 cm³/mol. The molecule has 2 aromatic carbocycles. The average molecular weight is 589 g/mol. The van der Waals surface area contributed by atoms with E-state index in [0.717, 1.165) is 5.01 Å². The first-order valence-corrected chi connectivity index (χ1v) is 12.3. The molecule has 9 heteroatoms. The maximum Gasteiger partial charge on any atom is 0.273 e. The Morgan fingerprint density at radius 2 is 1.48 bits per heavy atom. The van der Waals surface area contributed by atoms with Crippen molar-refractivity contribution in [2.45, 2.75) is 29.0 Å². The third-order valence-corrected chi connectivity index (χ3v) is 9.09. The molecule has 4 rings (SSSR count). The predicted octanol–water partition coefficient (Wildman–Crippen LogP) is 5.47. The van der Waals surface area contributed by atoms with E-state index in [1.165, 1.54) is 5.01 Å². The second-order valence-electron chi connectivity index (χ2n) is 7.67. The van der Waals surface area contributed by atoms with Crippen LogP contribution in [0.2, 0.25) is 10.0 Å². The van der Waals surface area contributed by atoms with Crippen molar-refractivity contribution < 1.29 is 14.4 Å². The molecule has 1 aliphatic carbocycles. The monoisotopic (exact) mass is 586 g/mol. The summed E-state index contributed by atoms with van der Waals surface area (Å²) in [5.41, 5.74) is 0.961. The van der Waals surface area contributed by atoms with Gasteiger partial charge in [0.1, 0.15) is 0 Å². The van der Waals surface area contributed by atoms with Gasteiger partial charge in [-0.3, -0.25) is 14.4 Å². The van der Waals surface area contributed by atoms with Crippen LogP contribution in [-0.2, 0) is 16.1 Å². The average Bonchev–Trinajstić information content (AvgIpc) is 2.98. The van der Waals surface area contributed by atoms with Crippen molar-refractivity contribution in [1.29, 1.82) is 0 Å². The number of amides is 3. The maximum absolute atomic E-state index is 13.5. The van der Waals surface area contributed by atoms with Crippen LogP contribution < -0.4 is 0 Å². The number of alkyl halides is 2. The van der Waals surface area contributed by atoms with Crippen molar-refractivity contribution >= 4 is 72.8 Å². The minimum Gasteiger partial charge on any atom is -0.272 e. The lowest BCUT2D eigenvalue weighted by Crippen LogP contribution is -2.49. The molecule has 2 aliphatic rings. The number of fused-ring (bicyclic) bond motifs is 1. The van der Waals surface area contributed by atoms with Crippen molar-refractivity contribution in [3.8, 4) is 0 Å². The summed E-state index contributed by atoms with van der Waals surface area (Å²) in [7, 11) is 0. The van der Waals surface area contributed by atoms with Crippen molar-refractivity contribution in [2.75, 3.05) is 0 Å². The standard InChI is InChI=1S/C22H18Br2Cl2N2O3/c23-17-9-15-16(10-18(17)24)22(31)28(21(15)30)27(11-13-3-1-2-4-19(13)26)20(29)12-5-7-14(25)8-6-12/h1-8,15-18H,9-11H2/t15-,16-,17+,18+/m1/s1. The number of carbonyl (C=O) groups is 3. The van der Waals surface area contributed by atoms with Crippen molar-refractivity contribution in [1.82, 2.24) is 10.0 Å². The Kier molecular flexibility index (Phi) is 6.77. The Labute approximate surface area is 206 Å². The topological polar surface area (TPSA) is 57.7 Å². The summed E-state index contributed by atoms with van der Waals surface area (Å²) in [6, 6.07) is 13.4. The summed E-state index contributed by atoms with van der Waals surface area (Å²) in [6.07, 6.45) is 1.05. The van der Waals surface area contributed by atoms with E-state index in [0.29, 0.717) is 34.0 Å². The lowest BCUT2D eigenvalue weighted by atomic mass is 9.81. The number of carbonyl (C=O) groups excluding carboxylic acids is 3. The number of benzene rings is 2. The van der Waals surface area contributed by atoms with Crippen LogP contribution in [0.15, 0.2) is 48.5 Å². The Balaban J connectivity index is 1.72. The quantitative estimate of drug-likeness (QED) is 0.351. The number of hydrogen-bond donors (Lipinski definition) is 0. The molecule has 0 unspecified atom stereocenters. The fourth-order valence-corrected chi connectivity index (χ4v) is 5.64. The maximum atomic E-state index is 13.5. The second-order valence-corrected chi connectivity index (χ2v) is 10.9. The van der Waals surface area contributed by atoms with Gasteiger partial charge in [0.2, 0.25) is 0 Å². The van der Waals surface area contributed by atoms with Gasteiger partial charge >= 0.3 is 0 Å². The highest BCUT2D eigenvalue weighted by Gasteiger charge is 2.54. The molecular formula is C22H18Br2Cl2N2O3. The molecule has 0 radical (unpaired) electrons. The molecule has 3 amide bonds. The van der Waals surface area contributed by atoms with Gasteiger partial charge in [0.25, 0.3) is 17.7 Å². The molecule has 2 fully saturated rings. The number of hydrogen-bond acceptors (Lipinski definition) is 3. The van der Waals surface area contributed by atoms with Crippen LogP contribution in [0.3, 0.4) is 0 Å². The summed E-state index contributed by atoms with van der Waals surface area (Å²) in [5, 5.41) is 3.18. The molecule has 162 valence electrons. The lowest BCUT2D eigenvalue weighted by Gasteiger charge is -2.31. The van der Waals surface area contributed by atoms with Gasteiger partial charge < -0.3 is 0 Å². The van der Waals surface area contributed by atoms with Gasteiger partial charge in [0.15, 0.2) is 0 Å². The molecular weight excluding hydrogens is 571 g/mol. The Hall–Kier alpha value is -1.41. The third kappa shape index (κ3) is 4.42. The third-order valence-electron chi connectivity index (χ3n) is 5.73. The van der Waals surface area contributed by atoms with E-state index in [4.69, 9.17) is 23.2 Å². The van der Waals surface area contributed by atoms with E-state index in [1.54, 1.807) is 48.5 Å². The zero-order valence-corrected chi connectivity index (χ0v) is 20.9. The fourth-order valence-electron chi connectivity index (χ4n) is 4.08. The van der Waals surface area contributed by atoms with E-state index >= 15 is 0 Å². The molecule has 1 heterocycles. The second kappa shape index (κ2) is 9.22. The van der Waals surface area contributed by atoms with Crippen LogP contribution in [0.4, 0.5) is 0 Å². The fraction of sp³-hybridized carbons (Fsp3) is 0.318. The van der Waals surface area contributed by atoms with E-state index < -0.39 is 17.7 Å². The molecule has 0 N–H and O–H groups in total. The smallest absolute Gasteiger partial charge is 0.272 e. The Morgan fingerprint density at radius 3 is 2.03 bits per heavy atom. The van der Waals surface area contributed by atoms with Crippen LogP contribution in [0.25, 0.3) is 0 Å². The highest BCUT2D eigenvalue weighted by Crippen LogP contribution is 2.44. The number of imide groups is 1. The summed E-state index contributed by atoms with van der Waals surface area (Å²) in [4.78, 5) is 40.3. The lowest BCUT2D eigenvalue weighted by molar-refractivity contribution is -0.155. The summed E-state index contributed by atoms with van der Waals surface area (Å²) in [6.45, 7) is -0.00641. The van der Waals surface area contributed by atoms with Gasteiger partial charge in [-0.15, -0.1) is 0 Å². The van der Waals surface area contributed by atoms with Crippen LogP contribution in [0.5, 0.6) is 0 Å². The minimum absolute atomic E-state index is 0.00641. The highest BCUT2D eigenvalue weighted by atomic mass is 79.9. The minimum atomic E-state index is -0.470. The number of hydrazine groups is 1. The Morgan fingerprint density at radius 1 is 0.935 bits per heavy atom. The van der Waals surface area contributed by atoms with Crippen LogP contribution in [-0.4, -0.2) is 37.4 Å². The summed E-state index contributed by atoms with van der Waals surface area (Å²) in [5.74, 6) is -2.10. The van der Waals surface area contributed by atoms with Gasteiger partial charge in [-0.2, -0.15) is 5.01 Å².